The van der Waals surface area contributed by atoms with Gasteiger partial charge in [0.1, 0.15) is 11.5 Å². The molecule has 0 spiro atoms. The first-order chi connectivity index (χ1) is 9.28. The zero-order valence-electron chi connectivity index (χ0n) is 11.5. The first-order valence-corrected chi connectivity index (χ1v) is 8.99. The summed E-state index contributed by atoms with van der Waals surface area (Å²) in [5.41, 5.74) is 0. The number of rotatable bonds is 6. The Morgan fingerprint density at radius 2 is 1.05 bits per heavy atom. The van der Waals surface area contributed by atoms with E-state index in [0.717, 1.165) is 23.6 Å². The van der Waals surface area contributed by atoms with E-state index in [4.69, 9.17) is 8.85 Å². The van der Waals surface area contributed by atoms with Gasteiger partial charge in [0, 0.05) is 12.1 Å². The Balaban J connectivity index is 2.18. The number of para-hydroxylation sites is 2. The van der Waals surface area contributed by atoms with Crippen molar-refractivity contribution in [3.63, 3.8) is 0 Å². The van der Waals surface area contributed by atoms with Gasteiger partial charge in [-0.15, -0.1) is 0 Å². The van der Waals surface area contributed by atoms with E-state index in [-0.39, 0.29) is 0 Å². The van der Waals surface area contributed by atoms with Gasteiger partial charge in [-0.25, -0.2) is 0 Å². The van der Waals surface area contributed by atoms with E-state index in [2.05, 4.69) is 13.8 Å². The minimum Gasteiger partial charge on any atom is -0.512 e. The van der Waals surface area contributed by atoms with E-state index in [1.165, 1.54) is 0 Å². The number of hydrogen-bond acceptors (Lipinski definition) is 2. The Hall–Kier alpha value is -1.74. The predicted octanol–water partition coefficient (Wildman–Crippen LogP) is 4.63. The van der Waals surface area contributed by atoms with Crippen molar-refractivity contribution in [2.75, 3.05) is 0 Å². The van der Waals surface area contributed by atoms with Crippen molar-refractivity contribution in [3.05, 3.63) is 60.7 Å². The maximum Gasteiger partial charge on any atom is 0.459 e. The summed E-state index contributed by atoms with van der Waals surface area (Å²) < 4.78 is 12.4. The standard InChI is InChI=1S/C16H20O2Si/c1-3-19(4-2,17-15-11-7-5-8-12-15)18-16-13-9-6-10-14-16/h5-14H,3-4H2,1-2H3. The molecular formula is C16H20O2Si. The lowest BCUT2D eigenvalue weighted by atomic mass is 10.3. The predicted molar refractivity (Wildman–Crippen MR) is 80.9 cm³/mol. The van der Waals surface area contributed by atoms with Crippen LogP contribution in [0.25, 0.3) is 0 Å². The van der Waals surface area contributed by atoms with E-state index >= 15 is 0 Å². The fraction of sp³-hybridized carbons (Fsp3) is 0.250. The minimum absolute atomic E-state index is 0.897. The van der Waals surface area contributed by atoms with Gasteiger partial charge in [0.25, 0.3) is 0 Å². The normalized spacial score (nSPS) is 11.1. The monoisotopic (exact) mass is 272 g/mol. The summed E-state index contributed by atoms with van der Waals surface area (Å²) in [5, 5.41) is 0. The van der Waals surface area contributed by atoms with E-state index in [1.54, 1.807) is 0 Å². The van der Waals surface area contributed by atoms with Crippen molar-refractivity contribution >= 4 is 8.56 Å². The largest absolute Gasteiger partial charge is 0.512 e. The zero-order valence-corrected chi connectivity index (χ0v) is 12.5. The second-order valence-corrected chi connectivity index (χ2v) is 8.09. The molecule has 0 aliphatic rings. The molecule has 0 N–H and O–H groups in total. The van der Waals surface area contributed by atoms with Gasteiger partial charge < -0.3 is 8.85 Å². The van der Waals surface area contributed by atoms with E-state index in [0.29, 0.717) is 0 Å². The van der Waals surface area contributed by atoms with Crippen molar-refractivity contribution < 1.29 is 8.85 Å². The molecule has 0 amide bonds. The quantitative estimate of drug-likeness (QED) is 0.714. The van der Waals surface area contributed by atoms with Crippen LogP contribution in [0, 0.1) is 0 Å². The molecule has 2 aromatic rings. The highest BCUT2D eigenvalue weighted by molar-refractivity contribution is 6.68. The Bertz CT molecular complexity index is 437. The van der Waals surface area contributed by atoms with Gasteiger partial charge in [-0.1, -0.05) is 50.2 Å². The molecule has 0 aliphatic heterocycles. The lowest BCUT2D eigenvalue weighted by Crippen LogP contribution is -2.47. The molecule has 0 radical (unpaired) electrons. The van der Waals surface area contributed by atoms with Crippen molar-refractivity contribution in [3.8, 4) is 11.5 Å². The van der Waals surface area contributed by atoms with Crippen LogP contribution in [0.4, 0.5) is 0 Å². The Kier molecular flexibility index (Phi) is 4.63. The summed E-state index contributed by atoms with van der Waals surface area (Å²) in [5.74, 6) is 1.79. The van der Waals surface area contributed by atoms with Gasteiger partial charge in [-0.3, -0.25) is 0 Å². The molecule has 0 bridgehead atoms. The van der Waals surface area contributed by atoms with Crippen LogP contribution in [0.5, 0.6) is 11.5 Å². The third-order valence-electron chi connectivity index (χ3n) is 3.17. The van der Waals surface area contributed by atoms with Gasteiger partial charge in [0.15, 0.2) is 0 Å². The van der Waals surface area contributed by atoms with Crippen LogP contribution < -0.4 is 8.85 Å². The van der Waals surface area contributed by atoms with Crippen LogP contribution in [0.1, 0.15) is 13.8 Å². The molecule has 3 heteroatoms. The molecule has 19 heavy (non-hydrogen) atoms. The molecule has 0 saturated heterocycles. The summed E-state index contributed by atoms with van der Waals surface area (Å²) in [7, 11) is -2.23. The maximum absolute atomic E-state index is 6.22. The third-order valence-corrected chi connectivity index (χ3v) is 6.54. The van der Waals surface area contributed by atoms with Gasteiger partial charge in [-0.05, 0) is 24.3 Å². The van der Waals surface area contributed by atoms with Crippen LogP contribution in [0.15, 0.2) is 60.7 Å². The highest BCUT2D eigenvalue weighted by Gasteiger charge is 2.38. The summed E-state index contributed by atoms with van der Waals surface area (Å²) in [6.45, 7) is 4.28. The van der Waals surface area contributed by atoms with Crippen LogP contribution in [0.3, 0.4) is 0 Å². The minimum atomic E-state index is -2.23. The molecule has 0 aliphatic carbocycles. The summed E-state index contributed by atoms with van der Waals surface area (Å²) >= 11 is 0. The molecule has 0 fully saturated rings. The average Bonchev–Trinajstić information content (AvgIpc) is 2.48. The number of benzene rings is 2. The molecule has 2 rings (SSSR count). The van der Waals surface area contributed by atoms with E-state index in [1.807, 2.05) is 60.7 Å². The van der Waals surface area contributed by atoms with Gasteiger partial charge in [0.05, 0.1) is 0 Å². The molecule has 2 aromatic carbocycles. The van der Waals surface area contributed by atoms with Crippen LogP contribution >= 0.6 is 0 Å². The average molecular weight is 272 g/mol. The first-order valence-electron chi connectivity index (χ1n) is 6.76. The summed E-state index contributed by atoms with van der Waals surface area (Å²) in [6, 6.07) is 21.7. The Morgan fingerprint density at radius 3 is 1.37 bits per heavy atom. The van der Waals surface area contributed by atoms with Crippen molar-refractivity contribution in [1.82, 2.24) is 0 Å². The first kappa shape index (κ1) is 13.7. The topological polar surface area (TPSA) is 18.5 Å². The Labute approximate surface area is 116 Å². The molecular weight excluding hydrogens is 252 g/mol. The fourth-order valence-corrected chi connectivity index (χ4v) is 4.22. The SMILES string of the molecule is CC[Si](CC)(Oc1ccccc1)Oc1ccccc1. The zero-order chi connectivity index (χ0) is 13.6. The van der Waals surface area contributed by atoms with Gasteiger partial charge >= 0.3 is 8.56 Å². The summed E-state index contributed by atoms with van der Waals surface area (Å²) in [4.78, 5) is 0. The molecule has 0 atom stereocenters. The molecule has 100 valence electrons. The van der Waals surface area contributed by atoms with Crippen molar-refractivity contribution in [2.45, 2.75) is 25.9 Å². The van der Waals surface area contributed by atoms with Gasteiger partial charge in [-0.2, -0.15) is 0 Å². The van der Waals surface area contributed by atoms with Crippen LogP contribution in [0.2, 0.25) is 12.1 Å². The lowest BCUT2D eigenvalue weighted by Gasteiger charge is -2.29. The molecule has 0 saturated carbocycles. The molecule has 0 unspecified atom stereocenters. The highest BCUT2D eigenvalue weighted by atomic mass is 28.4. The van der Waals surface area contributed by atoms with E-state index < -0.39 is 8.56 Å². The van der Waals surface area contributed by atoms with Crippen LogP contribution in [-0.2, 0) is 0 Å². The van der Waals surface area contributed by atoms with Crippen molar-refractivity contribution in [1.29, 1.82) is 0 Å². The highest BCUT2D eigenvalue weighted by Crippen LogP contribution is 2.25. The lowest BCUT2D eigenvalue weighted by molar-refractivity contribution is 0.381. The maximum atomic E-state index is 6.22. The fourth-order valence-electron chi connectivity index (χ4n) is 1.97. The summed E-state index contributed by atoms with van der Waals surface area (Å²) in [6.07, 6.45) is 0. The number of hydrogen-bond donors (Lipinski definition) is 0. The molecule has 2 nitrogen and oxygen atoms in total. The Morgan fingerprint density at radius 1 is 0.684 bits per heavy atom. The molecule has 0 aromatic heterocycles. The second kappa shape index (κ2) is 6.43. The molecule has 0 heterocycles. The second-order valence-electron chi connectivity index (χ2n) is 4.45. The third kappa shape index (κ3) is 3.61. The smallest absolute Gasteiger partial charge is 0.459 e. The van der Waals surface area contributed by atoms with E-state index in [9.17, 15) is 0 Å². The van der Waals surface area contributed by atoms with Crippen LogP contribution in [-0.4, -0.2) is 8.56 Å². The van der Waals surface area contributed by atoms with Crippen molar-refractivity contribution in [2.24, 2.45) is 0 Å². The van der Waals surface area contributed by atoms with Gasteiger partial charge in [0.2, 0.25) is 0 Å².